The van der Waals surface area contributed by atoms with Gasteiger partial charge in [-0.2, -0.15) is 0 Å². The second kappa shape index (κ2) is 10.0. The maximum absolute atomic E-state index is 13.6. The van der Waals surface area contributed by atoms with E-state index >= 15 is 0 Å². The van der Waals surface area contributed by atoms with Crippen molar-refractivity contribution in [2.75, 3.05) is 14.2 Å². The molecule has 0 bridgehead atoms. The Hall–Kier alpha value is -3.14. The molecule has 5 atom stereocenters. The molecule has 5 aliphatic rings. The van der Waals surface area contributed by atoms with Gasteiger partial charge in [0.05, 0.1) is 25.4 Å². The SMILES string of the molecule is COC(=O)C1=C(C(=O)OC)[C@]2(C)C=CC(C(C)C)=CC3=C(C)[C@@H](C4CC(C)=C5C=C(C(C)C)C=CC(C)=C54)[C@H]1[C@@H]32. The summed E-state index contributed by atoms with van der Waals surface area (Å²) in [6.07, 6.45) is 14.5. The van der Waals surface area contributed by atoms with E-state index in [0.717, 1.165) is 6.42 Å². The van der Waals surface area contributed by atoms with Crippen LogP contribution in [0.2, 0.25) is 0 Å². The second-order valence-corrected chi connectivity index (χ2v) is 13.1. The smallest absolute Gasteiger partial charge is 0.335 e. The summed E-state index contributed by atoms with van der Waals surface area (Å²) in [7, 11) is 2.82. The highest BCUT2D eigenvalue weighted by atomic mass is 16.5. The first-order chi connectivity index (χ1) is 18.9. The van der Waals surface area contributed by atoms with Gasteiger partial charge in [0.1, 0.15) is 0 Å². The average Bonchev–Trinajstić information content (AvgIpc) is 3.35. The quantitative estimate of drug-likeness (QED) is 0.334. The van der Waals surface area contributed by atoms with Crippen LogP contribution in [0.4, 0.5) is 0 Å². The topological polar surface area (TPSA) is 52.6 Å². The third-order valence-electron chi connectivity index (χ3n) is 10.2. The molecule has 0 aromatic rings. The molecule has 212 valence electrons. The lowest BCUT2D eigenvalue weighted by atomic mass is 9.68. The molecule has 1 unspecified atom stereocenters. The van der Waals surface area contributed by atoms with Gasteiger partial charge in [-0.3, -0.25) is 0 Å². The van der Waals surface area contributed by atoms with Gasteiger partial charge in [-0.25, -0.2) is 9.59 Å². The molecule has 0 heterocycles. The van der Waals surface area contributed by atoms with Gasteiger partial charge in [0, 0.05) is 17.3 Å². The maximum Gasteiger partial charge on any atom is 0.335 e. The summed E-state index contributed by atoms with van der Waals surface area (Å²) in [5, 5.41) is 0. The highest BCUT2D eigenvalue weighted by Gasteiger charge is 2.62. The fraction of sp³-hybridized carbons (Fsp3) is 0.500. The van der Waals surface area contributed by atoms with Crippen LogP contribution in [0, 0.1) is 40.9 Å². The lowest BCUT2D eigenvalue weighted by molar-refractivity contribution is -0.140. The number of fused-ring (bicyclic) bond motifs is 1. The largest absolute Gasteiger partial charge is 0.466 e. The summed E-state index contributed by atoms with van der Waals surface area (Å²) >= 11 is 0. The highest BCUT2D eigenvalue weighted by molar-refractivity contribution is 6.04. The summed E-state index contributed by atoms with van der Waals surface area (Å²) in [6, 6.07) is 0. The predicted molar refractivity (Wildman–Crippen MR) is 160 cm³/mol. The first kappa shape index (κ1) is 28.4. The monoisotopic (exact) mass is 540 g/mol. The van der Waals surface area contributed by atoms with Crippen molar-refractivity contribution >= 4 is 11.9 Å². The summed E-state index contributed by atoms with van der Waals surface area (Å²) in [5.74, 6) is -0.0439. The van der Waals surface area contributed by atoms with Gasteiger partial charge in [0.25, 0.3) is 0 Å². The average molecular weight is 541 g/mol. The highest BCUT2D eigenvalue weighted by Crippen LogP contribution is 2.67. The lowest BCUT2D eigenvalue weighted by Crippen LogP contribution is -2.31. The van der Waals surface area contributed by atoms with E-state index < -0.39 is 17.4 Å². The van der Waals surface area contributed by atoms with Gasteiger partial charge in [0.15, 0.2) is 0 Å². The van der Waals surface area contributed by atoms with E-state index in [-0.39, 0.29) is 23.7 Å². The molecule has 0 N–H and O–H groups in total. The second-order valence-electron chi connectivity index (χ2n) is 13.1. The Balaban J connectivity index is 1.78. The predicted octanol–water partition coefficient (Wildman–Crippen LogP) is 7.78. The van der Waals surface area contributed by atoms with Crippen molar-refractivity contribution in [3.05, 3.63) is 92.2 Å². The number of esters is 2. The van der Waals surface area contributed by atoms with E-state index in [1.807, 2.05) is 0 Å². The molecule has 40 heavy (non-hydrogen) atoms. The summed E-state index contributed by atoms with van der Waals surface area (Å²) in [5.41, 5.74) is 10.8. The summed E-state index contributed by atoms with van der Waals surface area (Å²) < 4.78 is 10.7. The molecule has 0 aromatic heterocycles. The molecule has 0 aromatic carbocycles. The maximum atomic E-state index is 13.6. The molecule has 5 aliphatic carbocycles. The summed E-state index contributed by atoms with van der Waals surface area (Å²) in [6.45, 7) is 17.7. The van der Waals surface area contributed by atoms with Crippen LogP contribution in [0.3, 0.4) is 0 Å². The van der Waals surface area contributed by atoms with Crippen LogP contribution in [0.25, 0.3) is 0 Å². The molecule has 0 saturated carbocycles. The molecule has 0 spiro atoms. The molecule has 0 saturated heterocycles. The third-order valence-corrected chi connectivity index (χ3v) is 10.2. The van der Waals surface area contributed by atoms with Crippen LogP contribution >= 0.6 is 0 Å². The van der Waals surface area contributed by atoms with E-state index in [1.165, 1.54) is 58.8 Å². The molecule has 0 radical (unpaired) electrons. The van der Waals surface area contributed by atoms with E-state index in [1.54, 1.807) is 0 Å². The minimum atomic E-state index is -0.679. The van der Waals surface area contributed by atoms with Crippen LogP contribution < -0.4 is 0 Å². The normalized spacial score (nSPS) is 31.1. The van der Waals surface area contributed by atoms with Crippen molar-refractivity contribution in [2.45, 2.75) is 61.8 Å². The number of carbonyl (C=O) groups is 2. The molecule has 5 rings (SSSR count). The number of ether oxygens (including phenoxy) is 2. The Bertz CT molecular complexity index is 1430. The number of hydrogen-bond acceptors (Lipinski definition) is 4. The van der Waals surface area contributed by atoms with Gasteiger partial charge in [-0.1, -0.05) is 82.2 Å². The number of hydrogen-bond donors (Lipinski definition) is 0. The minimum Gasteiger partial charge on any atom is -0.466 e. The molecule has 4 heteroatoms. The Morgan fingerprint density at radius 2 is 1.50 bits per heavy atom. The van der Waals surface area contributed by atoms with Crippen LogP contribution in [0.1, 0.15) is 61.8 Å². The Morgan fingerprint density at radius 3 is 2.10 bits per heavy atom. The molecular weight excluding hydrogens is 496 g/mol. The van der Waals surface area contributed by atoms with Crippen molar-refractivity contribution in [1.29, 1.82) is 0 Å². The zero-order valence-corrected chi connectivity index (χ0v) is 25.8. The van der Waals surface area contributed by atoms with E-state index in [2.05, 4.69) is 91.8 Å². The molecule has 0 fully saturated rings. The van der Waals surface area contributed by atoms with Gasteiger partial charge in [-0.05, 0) is 84.3 Å². The Morgan fingerprint density at radius 1 is 0.875 bits per heavy atom. The van der Waals surface area contributed by atoms with Gasteiger partial charge in [-0.15, -0.1) is 0 Å². The van der Waals surface area contributed by atoms with Gasteiger partial charge < -0.3 is 9.47 Å². The van der Waals surface area contributed by atoms with Crippen LogP contribution in [-0.2, 0) is 19.1 Å². The first-order valence-corrected chi connectivity index (χ1v) is 14.7. The Labute approximate surface area is 240 Å². The fourth-order valence-corrected chi connectivity index (χ4v) is 8.21. The Kier molecular flexibility index (Phi) is 7.13. The van der Waals surface area contributed by atoms with Crippen LogP contribution in [0.15, 0.2) is 92.2 Å². The van der Waals surface area contributed by atoms with Crippen molar-refractivity contribution in [3.63, 3.8) is 0 Å². The first-order valence-electron chi connectivity index (χ1n) is 14.7. The van der Waals surface area contributed by atoms with Gasteiger partial charge in [0.2, 0.25) is 0 Å². The minimum absolute atomic E-state index is 0.0402. The third kappa shape index (κ3) is 4.01. The molecular formula is C36H44O4. The van der Waals surface area contributed by atoms with Crippen LogP contribution in [-0.4, -0.2) is 26.2 Å². The zero-order valence-electron chi connectivity index (χ0n) is 25.8. The van der Waals surface area contributed by atoms with Crippen molar-refractivity contribution in [3.8, 4) is 0 Å². The number of rotatable bonds is 5. The van der Waals surface area contributed by atoms with Crippen molar-refractivity contribution < 1.29 is 19.1 Å². The molecule has 0 aliphatic heterocycles. The lowest BCUT2D eigenvalue weighted by Gasteiger charge is -2.33. The summed E-state index contributed by atoms with van der Waals surface area (Å²) in [4.78, 5) is 27.1. The number of carbonyl (C=O) groups excluding carboxylic acids is 2. The number of allylic oxidation sites excluding steroid dienone is 14. The van der Waals surface area contributed by atoms with Crippen molar-refractivity contribution in [1.82, 2.24) is 0 Å². The zero-order chi connectivity index (χ0) is 29.3. The standard InChI is InChI=1S/C36H44O4/c1-18(2)23-12-11-20(5)28-25(16-23)21(6)15-27(28)29-22(7)26-17-24(19(3)4)13-14-36(8)32(26)30(29)31(34(37)39-9)33(36)35(38)40-10/h11-14,16-19,27,29-30,32H,15H2,1-10H3/t27?,29-,30+,32+,36+/m0/s1. The molecule has 4 nitrogen and oxygen atoms in total. The van der Waals surface area contributed by atoms with E-state index in [0.29, 0.717) is 23.0 Å². The van der Waals surface area contributed by atoms with E-state index in [4.69, 9.17) is 9.47 Å². The number of methoxy groups -OCH3 is 2. The molecule has 0 amide bonds. The van der Waals surface area contributed by atoms with Crippen LogP contribution in [0.5, 0.6) is 0 Å². The van der Waals surface area contributed by atoms with Gasteiger partial charge >= 0.3 is 11.9 Å². The van der Waals surface area contributed by atoms with E-state index in [9.17, 15) is 9.59 Å². The van der Waals surface area contributed by atoms with Crippen molar-refractivity contribution in [2.24, 2.45) is 40.9 Å². The fourth-order valence-electron chi connectivity index (χ4n) is 8.21.